The van der Waals surface area contributed by atoms with Crippen molar-refractivity contribution in [3.05, 3.63) is 48.0 Å². The molecule has 2 rings (SSSR count). The van der Waals surface area contributed by atoms with Gasteiger partial charge in [0.25, 0.3) is 0 Å². The maximum Gasteiger partial charge on any atom is 0.243 e. The van der Waals surface area contributed by atoms with E-state index in [2.05, 4.69) is 16.0 Å². The van der Waals surface area contributed by atoms with Crippen LogP contribution < -0.4 is 25.4 Å². The maximum absolute atomic E-state index is 12.0. The highest BCUT2D eigenvalue weighted by atomic mass is 16.5. The fourth-order valence-corrected chi connectivity index (χ4v) is 2.61. The predicted molar refractivity (Wildman–Crippen MR) is 110 cm³/mol. The van der Waals surface area contributed by atoms with Gasteiger partial charge in [-0.05, 0) is 48.4 Å². The van der Waals surface area contributed by atoms with Gasteiger partial charge in [0.05, 0.1) is 20.8 Å². The van der Waals surface area contributed by atoms with Crippen LogP contribution in [0, 0.1) is 0 Å². The number of methoxy groups -OCH3 is 2. The third-order valence-electron chi connectivity index (χ3n) is 4.02. The van der Waals surface area contributed by atoms with Gasteiger partial charge in [0.1, 0.15) is 0 Å². The fourth-order valence-electron chi connectivity index (χ4n) is 2.61. The van der Waals surface area contributed by atoms with Gasteiger partial charge in [-0.3, -0.25) is 14.4 Å². The lowest BCUT2D eigenvalue weighted by Gasteiger charge is -2.10. The van der Waals surface area contributed by atoms with Gasteiger partial charge >= 0.3 is 0 Å². The zero-order chi connectivity index (χ0) is 21.2. The van der Waals surface area contributed by atoms with Crippen LogP contribution in [0.2, 0.25) is 0 Å². The van der Waals surface area contributed by atoms with E-state index in [4.69, 9.17) is 9.47 Å². The molecule has 3 N–H and O–H groups in total. The third-order valence-corrected chi connectivity index (χ3v) is 4.02. The first-order chi connectivity index (χ1) is 13.9. The average Bonchev–Trinajstić information content (AvgIpc) is 2.71. The number of benzene rings is 2. The van der Waals surface area contributed by atoms with Crippen molar-refractivity contribution in [1.29, 1.82) is 0 Å². The standard InChI is InChI=1S/C21H25N3O5/c1-14(25)23-16-6-8-17(9-7-16)24-21(27)13-22-20(26)11-5-15-4-10-18(28-2)19(12-15)29-3/h4,6-10,12H,5,11,13H2,1-3H3,(H,22,26)(H,23,25)(H,24,27). The molecule has 3 amide bonds. The summed E-state index contributed by atoms with van der Waals surface area (Å²) in [6.07, 6.45) is 0.757. The van der Waals surface area contributed by atoms with Gasteiger partial charge < -0.3 is 25.4 Å². The quantitative estimate of drug-likeness (QED) is 0.600. The van der Waals surface area contributed by atoms with E-state index in [1.165, 1.54) is 6.92 Å². The molecule has 0 atom stereocenters. The summed E-state index contributed by atoms with van der Waals surface area (Å²) in [5.41, 5.74) is 2.14. The van der Waals surface area contributed by atoms with Crippen molar-refractivity contribution in [3.8, 4) is 11.5 Å². The van der Waals surface area contributed by atoms with Crippen molar-refractivity contribution in [1.82, 2.24) is 5.32 Å². The second-order valence-electron chi connectivity index (χ2n) is 6.27. The van der Waals surface area contributed by atoms with Gasteiger partial charge in [-0.1, -0.05) is 6.07 Å². The Hall–Kier alpha value is -3.55. The van der Waals surface area contributed by atoms with Crippen molar-refractivity contribution < 1.29 is 23.9 Å². The topological polar surface area (TPSA) is 106 Å². The summed E-state index contributed by atoms with van der Waals surface area (Å²) >= 11 is 0. The molecule has 0 bridgehead atoms. The van der Waals surface area contributed by atoms with Crippen LogP contribution in [0.1, 0.15) is 18.9 Å². The van der Waals surface area contributed by atoms with Gasteiger partial charge in [-0.15, -0.1) is 0 Å². The molecule has 154 valence electrons. The monoisotopic (exact) mass is 399 g/mol. The molecule has 29 heavy (non-hydrogen) atoms. The molecule has 8 nitrogen and oxygen atoms in total. The highest BCUT2D eigenvalue weighted by Gasteiger charge is 2.09. The average molecular weight is 399 g/mol. The number of rotatable bonds is 9. The minimum atomic E-state index is -0.336. The largest absolute Gasteiger partial charge is 0.493 e. The first-order valence-electron chi connectivity index (χ1n) is 9.06. The van der Waals surface area contributed by atoms with Crippen LogP contribution in [0.4, 0.5) is 11.4 Å². The SMILES string of the molecule is COc1ccc(CCC(=O)NCC(=O)Nc2ccc(NC(C)=O)cc2)cc1OC. The Morgan fingerprint density at radius 3 is 2.03 bits per heavy atom. The van der Waals surface area contributed by atoms with Gasteiger partial charge in [-0.2, -0.15) is 0 Å². The van der Waals surface area contributed by atoms with Crippen molar-refractivity contribution in [2.75, 3.05) is 31.4 Å². The summed E-state index contributed by atoms with van der Waals surface area (Å²) in [7, 11) is 3.12. The zero-order valence-electron chi connectivity index (χ0n) is 16.7. The van der Waals surface area contributed by atoms with Gasteiger partial charge in [-0.25, -0.2) is 0 Å². The summed E-state index contributed by atoms with van der Waals surface area (Å²) in [4.78, 5) is 35.0. The number of ether oxygens (including phenoxy) is 2. The summed E-state index contributed by atoms with van der Waals surface area (Å²) in [5, 5.41) is 7.92. The molecular formula is C21H25N3O5. The second kappa shape index (κ2) is 10.7. The van der Waals surface area contributed by atoms with Crippen molar-refractivity contribution in [2.24, 2.45) is 0 Å². The highest BCUT2D eigenvalue weighted by Crippen LogP contribution is 2.27. The normalized spacial score (nSPS) is 10.0. The van der Waals surface area contributed by atoms with E-state index >= 15 is 0 Å². The highest BCUT2D eigenvalue weighted by molar-refractivity contribution is 5.95. The maximum atomic E-state index is 12.0. The molecule has 2 aromatic rings. The number of anilines is 2. The molecule has 0 saturated carbocycles. The van der Waals surface area contributed by atoms with Crippen LogP contribution >= 0.6 is 0 Å². The number of aryl methyl sites for hydroxylation is 1. The Balaban J connectivity index is 1.75. The summed E-state index contributed by atoms with van der Waals surface area (Å²) in [5.74, 6) is 0.502. The number of nitrogens with one attached hydrogen (secondary N) is 3. The number of hydrogen-bond donors (Lipinski definition) is 3. The number of carbonyl (C=O) groups excluding carboxylic acids is 3. The molecule has 0 saturated heterocycles. The fraction of sp³-hybridized carbons (Fsp3) is 0.286. The van der Waals surface area contributed by atoms with Gasteiger partial charge in [0.15, 0.2) is 11.5 Å². The van der Waals surface area contributed by atoms with E-state index in [1.54, 1.807) is 44.6 Å². The molecule has 0 fully saturated rings. The Bertz CT molecular complexity index is 865. The zero-order valence-corrected chi connectivity index (χ0v) is 16.7. The molecular weight excluding hydrogens is 374 g/mol. The van der Waals surface area contributed by atoms with Gasteiger partial charge in [0.2, 0.25) is 17.7 Å². The molecule has 0 unspecified atom stereocenters. The van der Waals surface area contributed by atoms with E-state index in [1.807, 2.05) is 12.1 Å². The second-order valence-corrected chi connectivity index (χ2v) is 6.27. The number of hydrogen-bond acceptors (Lipinski definition) is 5. The van der Waals surface area contributed by atoms with Crippen LogP contribution in [0.15, 0.2) is 42.5 Å². The minimum absolute atomic E-state index is 0.127. The molecule has 8 heteroatoms. The van der Waals surface area contributed by atoms with Crippen molar-refractivity contribution in [3.63, 3.8) is 0 Å². The van der Waals surface area contributed by atoms with Crippen LogP contribution in [0.3, 0.4) is 0 Å². The van der Waals surface area contributed by atoms with E-state index in [0.29, 0.717) is 29.3 Å². The molecule has 0 spiro atoms. The van der Waals surface area contributed by atoms with E-state index < -0.39 is 0 Å². The summed E-state index contributed by atoms with van der Waals surface area (Å²) in [6.45, 7) is 1.29. The Labute approximate surface area is 169 Å². The lowest BCUT2D eigenvalue weighted by molar-refractivity contribution is -0.124. The molecule has 2 aromatic carbocycles. The third kappa shape index (κ3) is 7.17. The lowest BCUT2D eigenvalue weighted by Crippen LogP contribution is -2.32. The van der Waals surface area contributed by atoms with Crippen molar-refractivity contribution in [2.45, 2.75) is 19.8 Å². The predicted octanol–water partition coefficient (Wildman–Crippen LogP) is 2.35. The number of amides is 3. The van der Waals surface area contributed by atoms with Crippen LogP contribution in [0.5, 0.6) is 11.5 Å². The molecule has 0 radical (unpaired) electrons. The Morgan fingerprint density at radius 1 is 0.828 bits per heavy atom. The molecule has 0 heterocycles. The lowest BCUT2D eigenvalue weighted by atomic mass is 10.1. The van der Waals surface area contributed by atoms with Crippen molar-refractivity contribution >= 4 is 29.1 Å². The molecule has 0 aliphatic heterocycles. The number of carbonyl (C=O) groups is 3. The minimum Gasteiger partial charge on any atom is -0.493 e. The van der Waals surface area contributed by atoms with Crippen LogP contribution in [0.25, 0.3) is 0 Å². The van der Waals surface area contributed by atoms with Crippen LogP contribution in [-0.4, -0.2) is 38.5 Å². The first-order valence-corrected chi connectivity index (χ1v) is 9.06. The first kappa shape index (κ1) is 21.7. The van der Waals surface area contributed by atoms with E-state index in [-0.39, 0.29) is 30.7 Å². The molecule has 0 aromatic heterocycles. The Morgan fingerprint density at radius 2 is 1.45 bits per heavy atom. The smallest absolute Gasteiger partial charge is 0.243 e. The van der Waals surface area contributed by atoms with E-state index in [9.17, 15) is 14.4 Å². The Kier molecular flexibility index (Phi) is 8.02. The summed E-state index contributed by atoms with van der Waals surface area (Å²) < 4.78 is 10.4. The van der Waals surface area contributed by atoms with Gasteiger partial charge in [0, 0.05) is 24.7 Å². The molecule has 0 aliphatic carbocycles. The van der Waals surface area contributed by atoms with E-state index in [0.717, 1.165) is 5.56 Å². The summed E-state index contributed by atoms with van der Waals surface area (Å²) in [6, 6.07) is 12.2. The molecule has 0 aliphatic rings. The van der Waals surface area contributed by atoms with Crippen LogP contribution in [-0.2, 0) is 20.8 Å².